The van der Waals surface area contributed by atoms with Crippen molar-refractivity contribution in [3.63, 3.8) is 0 Å². The number of anilines is 1. The van der Waals surface area contributed by atoms with Crippen molar-refractivity contribution in [2.45, 2.75) is 13.5 Å². The summed E-state index contributed by atoms with van der Waals surface area (Å²) in [6, 6.07) is 13.0. The maximum atomic E-state index is 12.2. The Balaban J connectivity index is 1.63. The summed E-state index contributed by atoms with van der Waals surface area (Å²) in [6.07, 6.45) is 6.78. The molecule has 3 rings (SSSR count). The van der Waals surface area contributed by atoms with Gasteiger partial charge in [-0.3, -0.25) is 9.48 Å². The lowest BCUT2D eigenvalue weighted by Crippen LogP contribution is -2.08. The Morgan fingerprint density at radius 1 is 1.28 bits per heavy atom. The van der Waals surface area contributed by atoms with Crippen LogP contribution in [0.2, 0.25) is 5.02 Å². The van der Waals surface area contributed by atoms with Gasteiger partial charge in [-0.05, 0) is 54.5 Å². The smallest absolute Gasteiger partial charge is 0.248 e. The van der Waals surface area contributed by atoms with Gasteiger partial charge in [-0.1, -0.05) is 23.7 Å². The van der Waals surface area contributed by atoms with Crippen LogP contribution in [-0.2, 0) is 11.3 Å². The van der Waals surface area contributed by atoms with E-state index in [2.05, 4.69) is 10.4 Å². The van der Waals surface area contributed by atoms with Crippen LogP contribution < -0.4 is 14.8 Å². The quantitative estimate of drug-likeness (QED) is 0.548. The van der Waals surface area contributed by atoms with Crippen LogP contribution >= 0.6 is 11.6 Å². The maximum absolute atomic E-state index is 12.2. The standard InChI is InChI=1S/C22H22ClN3O3/c1-3-29-20-14-17(13-19(23)22(20)28-2)7-10-21(27)25-18-8-5-16(6-9-18)15-26-12-4-11-24-26/h4-14H,3,15H2,1-2H3,(H,25,27). The summed E-state index contributed by atoms with van der Waals surface area (Å²) in [7, 11) is 1.53. The third-order valence-electron chi connectivity index (χ3n) is 4.09. The maximum Gasteiger partial charge on any atom is 0.248 e. The first-order valence-electron chi connectivity index (χ1n) is 9.14. The zero-order chi connectivity index (χ0) is 20.6. The van der Waals surface area contributed by atoms with Crippen molar-refractivity contribution >= 4 is 29.3 Å². The predicted molar refractivity (Wildman–Crippen MR) is 115 cm³/mol. The molecule has 0 bridgehead atoms. The second-order valence-electron chi connectivity index (χ2n) is 6.19. The van der Waals surface area contributed by atoms with E-state index in [0.29, 0.717) is 35.4 Å². The lowest BCUT2D eigenvalue weighted by atomic mass is 10.1. The molecule has 0 saturated carbocycles. The minimum absolute atomic E-state index is 0.241. The molecule has 6 nitrogen and oxygen atoms in total. The molecule has 2 aromatic carbocycles. The van der Waals surface area contributed by atoms with Gasteiger partial charge in [0.05, 0.1) is 25.3 Å². The number of hydrogen-bond donors (Lipinski definition) is 1. The Bertz CT molecular complexity index is 983. The van der Waals surface area contributed by atoms with Crippen LogP contribution in [0.5, 0.6) is 11.5 Å². The number of methoxy groups -OCH3 is 1. The van der Waals surface area contributed by atoms with Crippen LogP contribution in [0.4, 0.5) is 5.69 Å². The van der Waals surface area contributed by atoms with Gasteiger partial charge in [-0.15, -0.1) is 0 Å². The third kappa shape index (κ3) is 5.62. The SMILES string of the molecule is CCOc1cc(C=CC(=O)Nc2ccc(Cn3cccn3)cc2)cc(Cl)c1OC. The summed E-state index contributed by atoms with van der Waals surface area (Å²) < 4.78 is 12.7. The number of ether oxygens (including phenoxy) is 2. The minimum Gasteiger partial charge on any atom is -0.491 e. The molecule has 0 saturated heterocycles. The van der Waals surface area contributed by atoms with E-state index in [4.69, 9.17) is 21.1 Å². The molecule has 0 aliphatic heterocycles. The van der Waals surface area contributed by atoms with Gasteiger partial charge in [0, 0.05) is 24.2 Å². The molecule has 1 N–H and O–H groups in total. The van der Waals surface area contributed by atoms with Gasteiger partial charge in [0.2, 0.25) is 5.91 Å². The molecule has 0 fully saturated rings. The Morgan fingerprint density at radius 3 is 2.72 bits per heavy atom. The molecule has 0 radical (unpaired) electrons. The molecule has 0 aliphatic rings. The van der Waals surface area contributed by atoms with Crippen molar-refractivity contribution in [2.24, 2.45) is 0 Å². The summed E-state index contributed by atoms with van der Waals surface area (Å²) in [4.78, 5) is 12.2. The molecule has 1 heterocycles. The average molecular weight is 412 g/mol. The number of rotatable bonds is 8. The summed E-state index contributed by atoms with van der Waals surface area (Å²) in [5.41, 5.74) is 2.55. The van der Waals surface area contributed by atoms with E-state index in [1.807, 2.05) is 48.1 Å². The number of nitrogens with zero attached hydrogens (tertiary/aromatic N) is 2. The number of benzene rings is 2. The Kier molecular flexibility index (Phi) is 6.92. The molecular weight excluding hydrogens is 390 g/mol. The molecule has 1 aromatic heterocycles. The van der Waals surface area contributed by atoms with E-state index in [1.165, 1.54) is 13.2 Å². The number of halogens is 1. The topological polar surface area (TPSA) is 65.4 Å². The molecule has 7 heteroatoms. The number of nitrogens with one attached hydrogen (secondary N) is 1. The fraction of sp³-hybridized carbons (Fsp3) is 0.182. The van der Waals surface area contributed by atoms with Crippen LogP contribution in [0, 0.1) is 0 Å². The minimum atomic E-state index is -0.241. The normalized spacial score (nSPS) is 10.9. The molecule has 150 valence electrons. The van der Waals surface area contributed by atoms with Gasteiger partial charge in [-0.25, -0.2) is 0 Å². The van der Waals surface area contributed by atoms with E-state index < -0.39 is 0 Å². The largest absolute Gasteiger partial charge is 0.491 e. The molecule has 0 spiro atoms. The van der Waals surface area contributed by atoms with Crippen LogP contribution in [0.15, 0.2) is 60.9 Å². The van der Waals surface area contributed by atoms with Crippen molar-refractivity contribution in [1.29, 1.82) is 0 Å². The fourth-order valence-electron chi connectivity index (χ4n) is 2.78. The van der Waals surface area contributed by atoms with E-state index in [1.54, 1.807) is 24.4 Å². The summed E-state index contributed by atoms with van der Waals surface area (Å²) in [5, 5.41) is 7.44. The van der Waals surface area contributed by atoms with Crippen molar-refractivity contribution < 1.29 is 14.3 Å². The highest BCUT2D eigenvalue weighted by molar-refractivity contribution is 6.32. The molecule has 0 atom stereocenters. The predicted octanol–water partition coefficient (Wildman–Crippen LogP) is 4.64. The van der Waals surface area contributed by atoms with Gasteiger partial charge in [0.25, 0.3) is 0 Å². The number of aromatic nitrogens is 2. The molecular formula is C22H22ClN3O3. The van der Waals surface area contributed by atoms with Gasteiger partial charge >= 0.3 is 0 Å². The first kappa shape index (κ1) is 20.5. The molecule has 3 aromatic rings. The lowest BCUT2D eigenvalue weighted by Gasteiger charge is -2.11. The molecule has 0 unspecified atom stereocenters. The summed E-state index contributed by atoms with van der Waals surface area (Å²) in [6.45, 7) is 3.04. The highest BCUT2D eigenvalue weighted by Gasteiger charge is 2.10. The number of carbonyl (C=O) groups excluding carboxylic acids is 1. The molecule has 1 amide bonds. The van der Waals surface area contributed by atoms with Crippen LogP contribution in [-0.4, -0.2) is 29.4 Å². The average Bonchev–Trinajstić information content (AvgIpc) is 3.21. The van der Waals surface area contributed by atoms with E-state index in [-0.39, 0.29) is 5.91 Å². The van der Waals surface area contributed by atoms with Crippen molar-refractivity contribution in [3.05, 3.63) is 77.1 Å². The van der Waals surface area contributed by atoms with Gasteiger partial charge in [0.1, 0.15) is 0 Å². The summed E-state index contributed by atoms with van der Waals surface area (Å²) in [5.74, 6) is 0.773. The zero-order valence-electron chi connectivity index (χ0n) is 16.3. The van der Waals surface area contributed by atoms with Gasteiger partial charge < -0.3 is 14.8 Å². The number of carbonyl (C=O) groups is 1. The third-order valence-corrected chi connectivity index (χ3v) is 4.37. The Morgan fingerprint density at radius 2 is 2.07 bits per heavy atom. The number of amides is 1. The Hall–Kier alpha value is -3.25. The highest BCUT2D eigenvalue weighted by Crippen LogP contribution is 2.36. The first-order chi connectivity index (χ1) is 14.1. The van der Waals surface area contributed by atoms with Crippen molar-refractivity contribution in [1.82, 2.24) is 9.78 Å². The summed E-state index contributed by atoms with van der Waals surface area (Å²) >= 11 is 6.24. The fourth-order valence-corrected chi connectivity index (χ4v) is 3.07. The van der Waals surface area contributed by atoms with E-state index in [0.717, 1.165) is 11.1 Å². The molecule has 29 heavy (non-hydrogen) atoms. The highest BCUT2D eigenvalue weighted by atomic mass is 35.5. The second kappa shape index (κ2) is 9.80. The second-order valence-corrected chi connectivity index (χ2v) is 6.60. The number of hydrogen-bond acceptors (Lipinski definition) is 4. The Labute approximate surface area is 174 Å². The van der Waals surface area contributed by atoms with Crippen LogP contribution in [0.3, 0.4) is 0 Å². The lowest BCUT2D eigenvalue weighted by molar-refractivity contribution is -0.111. The van der Waals surface area contributed by atoms with E-state index in [9.17, 15) is 4.79 Å². The van der Waals surface area contributed by atoms with Crippen molar-refractivity contribution in [2.75, 3.05) is 19.0 Å². The zero-order valence-corrected chi connectivity index (χ0v) is 17.0. The van der Waals surface area contributed by atoms with Gasteiger partial charge in [0.15, 0.2) is 11.5 Å². The monoisotopic (exact) mass is 411 g/mol. The first-order valence-corrected chi connectivity index (χ1v) is 9.52. The van der Waals surface area contributed by atoms with Gasteiger partial charge in [-0.2, -0.15) is 5.10 Å². The van der Waals surface area contributed by atoms with E-state index >= 15 is 0 Å². The van der Waals surface area contributed by atoms with Crippen LogP contribution in [0.1, 0.15) is 18.1 Å². The van der Waals surface area contributed by atoms with Crippen LogP contribution in [0.25, 0.3) is 6.08 Å². The molecule has 0 aliphatic carbocycles. The van der Waals surface area contributed by atoms with Crippen molar-refractivity contribution in [3.8, 4) is 11.5 Å².